The van der Waals surface area contributed by atoms with Gasteiger partial charge in [0.15, 0.2) is 11.5 Å². The van der Waals surface area contributed by atoms with Crippen LogP contribution in [0.4, 0.5) is 0 Å². The molecule has 0 aliphatic carbocycles. The van der Waals surface area contributed by atoms with Crippen LogP contribution in [0.2, 0.25) is 0 Å². The molecule has 1 aliphatic rings. The first-order valence-corrected chi connectivity index (χ1v) is 10.4. The van der Waals surface area contributed by atoms with Crippen LogP contribution in [0.1, 0.15) is 34.5 Å². The molecule has 2 heterocycles. The number of carbonyl (C=O) groups is 3. The van der Waals surface area contributed by atoms with Gasteiger partial charge in [0.25, 0.3) is 5.91 Å². The van der Waals surface area contributed by atoms with Crippen LogP contribution in [-0.2, 0) is 20.7 Å². The lowest BCUT2D eigenvalue weighted by molar-refractivity contribution is -0.129. The van der Waals surface area contributed by atoms with Crippen LogP contribution < -0.4 is 4.74 Å². The predicted molar refractivity (Wildman–Crippen MR) is 121 cm³/mol. The van der Waals surface area contributed by atoms with Crippen LogP contribution in [0.5, 0.6) is 5.75 Å². The number of H-pyrrole nitrogens is 1. The fourth-order valence-electron chi connectivity index (χ4n) is 4.24. The second kappa shape index (κ2) is 8.82. The zero-order valence-electron chi connectivity index (χ0n) is 18.5. The monoisotopic (exact) mass is 448 g/mol. The molecule has 0 fully saturated rings. The molecule has 1 atom stereocenters. The number of hydrogen-bond acceptors (Lipinski definition) is 6. The van der Waals surface area contributed by atoms with E-state index in [1.54, 1.807) is 31.4 Å². The predicted octanol–water partition coefficient (Wildman–Crippen LogP) is 3.49. The smallest absolute Gasteiger partial charge is 0.337 e. The number of aromatic amines is 1. The lowest BCUT2D eigenvalue weighted by Crippen LogP contribution is -2.33. The Balaban J connectivity index is 1.65. The lowest BCUT2D eigenvalue weighted by Gasteiger charge is -2.26. The van der Waals surface area contributed by atoms with Gasteiger partial charge in [-0.2, -0.15) is 0 Å². The third kappa shape index (κ3) is 3.95. The molecule has 2 N–H and O–H groups in total. The summed E-state index contributed by atoms with van der Waals surface area (Å²) in [5.41, 5.74) is 2.94. The fraction of sp³-hybridized carbons (Fsp3) is 0.240. The maximum atomic E-state index is 12.9. The van der Waals surface area contributed by atoms with E-state index in [9.17, 15) is 19.5 Å². The Bertz CT molecular complexity index is 1270. The van der Waals surface area contributed by atoms with Gasteiger partial charge in [-0.25, -0.2) is 4.79 Å². The number of rotatable bonds is 7. The summed E-state index contributed by atoms with van der Waals surface area (Å²) in [4.78, 5) is 41.7. The van der Waals surface area contributed by atoms with Crippen molar-refractivity contribution in [2.45, 2.75) is 19.4 Å². The van der Waals surface area contributed by atoms with Crippen molar-refractivity contribution < 1.29 is 29.0 Å². The highest BCUT2D eigenvalue weighted by Crippen LogP contribution is 2.38. The van der Waals surface area contributed by atoms with Crippen molar-refractivity contribution in [3.63, 3.8) is 0 Å². The average Bonchev–Trinajstić information content (AvgIpc) is 3.35. The summed E-state index contributed by atoms with van der Waals surface area (Å²) in [7, 11) is 2.90. The number of amides is 1. The first-order valence-electron chi connectivity index (χ1n) is 10.4. The minimum absolute atomic E-state index is 0.0476. The number of ketones is 1. The van der Waals surface area contributed by atoms with Crippen LogP contribution in [0.15, 0.2) is 60.0 Å². The number of carbonyl (C=O) groups excluding carboxylic acids is 3. The lowest BCUT2D eigenvalue weighted by atomic mass is 9.95. The van der Waals surface area contributed by atoms with Crippen LogP contribution >= 0.6 is 0 Å². The van der Waals surface area contributed by atoms with Crippen molar-refractivity contribution in [1.29, 1.82) is 0 Å². The molecule has 0 bridgehead atoms. The van der Waals surface area contributed by atoms with Crippen molar-refractivity contribution in [2.75, 3.05) is 20.8 Å². The number of esters is 1. The van der Waals surface area contributed by atoms with E-state index in [2.05, 4.69) is 4.98 Å². The Morgan fingerprint density at radius 2 is 1.85 bits per heavy atom. The Hall–Kier alpha value is -4.07. The highest BCUT2D eigenvalue weighted by Gasteiger charge is 2.42. The number of benzene rings is 2. The minimum Gasteiger partial charge on any atom is -0.503 e. The summed E-state index contributed by atoms with van der Waals surface area (Å²) >= 11 is 0. The van der Waals surface area contributed by atoms with E-state index in [0.717, 1.165) is 22.2 Å². The van der Waals surface area contributed by atoms with E-state index in [4.69, 9.17) is 9.47 Å². The Morgan fingerprint density at radius 1 is 1.12 bits per heavy atom. The maximum Gasteiger partial charge on any atom is 0.337 e. The van der Waals surface area contributed by atoms with Crippen LogP contribution in [0.25, 0.3) is 10.9 Å². The second-order valence-corrected chi connectivity index (χ2v) is 7.81. The minimum atomic E-state index is -0.749. The fourth-order valence-corrected chi connectivity index (χ4v) is 4.24. The molecule has 1 unspecified atom stereocenters. The van der Waals surface area contributed by atoms with E-state index >= 15 is 0 Å². The molecule has 1 aliphatic heterocycles. The zero-order chi connectivity index (χ0) is 23.7. The quantitative estimate of drug-likeness (QED) is 0.536. The average molecular weight is 448 g/mol. The van der Waals surface area contributed by atoms with E-state index in [1.807, 2.05) is 24.4 Å². The highest BCUT2D eigenvalue weighted by molar-refractivity contribution is 6.08. The van der Waals surface area contributed by atoms with E-state index < -0.39 is 23.7 Å². The van der Waals surface area contributed by atoms with Crippen LogP contribution in [0.3, 0.4) is 0 Å². The maximum absolute atomic E-state index is 12.9. The Kier molecular flexibility index (Phi) is 5.91. The van der Waals surface area contributed by atoms with Gasteiger partial charge in [0.05, 0.1) is 31.4 Å². The topological polar surface area (TPSA) is 109 Å². The molecule has 1 amide bonds. The van der Waals surface area contributed by atoms with Gasteiger partial charge in [-0.3, -0.25) is 9.59 Å². The molecule has 0 saturated heterocycles. The van der Waals surface area contributed by atoms with Gasteiger partial charge in [0.2, 0.25) is 0 Å². The summed E-state index contributed by atoms with van der Waals surface area (Å²) in [5.74, 6) is -1.28. The number of methoxy groups -OCH3 is 2. The summed E-state index contributed by atoms with van der Waals surface area (Å²) in [6.07, 6.45) is 2.37. The van der Waals surface area contributed by atoms with Gasteiger partial charge in [0, 0.05) is 23.6 Å². The number of ether oxygens (including phenoxy) is 2. The molecule has 1 aromatic heterocycles. The first-order chi connectivity index (χ1) is 15.8. The van der Waals surface area contributed by atoms with E-state index in [1.165, 1.54) is 18.9 Å². The van der Waals surface area contributed by atoms with Gasteiger partial charge >= 0.3 is 5.97 Å². The molecule has 2 aromatic carbocycles. The Morgan fingerprint density at radius 3 is 2.48 bits per heavy atom. The van der Waals surface area contributed by atoms with Gasteiger partial charge in [-0.05, 0) is 54.8 Å². The van der Waals surface area contributed by atoms with Crippen LogP contribution in [-0.4, -0.2) is 53.4 Å². The largest absolute Gasteiger partial charge is 0.503 e. The molecule has 8 heteroatoms. The van der Waals surface area contributed by atoms with Crippen molar-refractivity contribution >= 4 is 28.6 Å². The molecular formula is C25H24N2O6. The van der Waals surface area contributed by atoms with Gasteiger partial charge in [0.1, 0.15) is 5.75 Å². The van der Waals surface area contributed by atoms with Crippen LogP contribution in [0, 0.1) is 0 Å². The number of nitrogens with one attached hydrogen (secondary N) is 1. The standard InChI is InChI=1S/C25H24N2O6/c1-14(28)21-22(15-4-6-16(7-5-15)25(31)33-3)27(24(30)23(21)29)11-10-17-13-26-20-9-8-18(32-2)12-19(17)20/h4-9,12-13,22,26,29H,10-11H2,1-3H3. The van der Waals surface area contributed by atoms with Crippen molar-refractivity contribution in [3.05, 3.63) is 76.7 Å². The molecule has 0 spiro atoms. The van der Waals surface area contributed by atoms with Gasteiger partial charge in [-0.1, -0.05) is 12.1 Å². The number of fused-ring (bicyclic) bond motifs is 1. The normalized spacial score (nSPS) is 15.9. The van der Waals surface area contributed by atoms with Crippen molar-refractivity contribution in [1.82, 2.24) is 9.88 Å². The molecular weight excluding hydrogens is 424 g/mol. The number of hydrogen-bond donors (Lipinski definition) is 2. The molecule has 170 valence electrons. The number of Topliss-reactive ketones (excluding diaryl/α,β-unsaturated/α-hetero) is 1. The number of nitrogens with zero attached hydrogens (tertiary/aromatic N) is 1. The summed E-state index contributed by atoms with van der Waals surface area (Å²) in [6.45, 7) is 1.59. The van der Waals surface area contributed by atoms with Crippen molar-refractivity contribution in [3.8, 4) is 5.75 Å². The van der Waals surface area contributed by atoms with Gasteiger partial charge < -0.3 is 24.5 Å². The second-order valence-electron chi connectivity index (χ2n) is 7.81. The molecule has 0 saturated carbocycles. The summed E-state index contributed by atoms with van der Waals surface area (Å²) in [5, 5.41) is 11.5. The summed E-state index contributed by atoms with van der Waals surface area (Å²) in [6, 6.07) is 11.4. The first kappa shape index (κ1) is 22.1. The van der Waals surface area contributed by atoms with E-state index in [0.29, 0.717) is 17.5 Å². The molecule has 3 aromatic rings. The highest BCUT2D eigenvalue weighted by atomic mass is 16.5. The zero-order valence-corrected chi connectivity index (χ0v) is 18.5. The third-order valence-electron chi connectivity index (χ3n) is 5.93. The Labute approximate surface area is 190 Å². The number of aliphatic hydroxyl groups is 1. The SMILES string of the molecule is COC(=O)c1ccc(C2C(C(C)=O)=C(O)C(=O)N2CCc2c[nH]c3ccc(OC)cc23)cc1. The molecule has 33 heavy (non-hydrogen) atoms. The van der Waals surface area contributed by atoms with Gasteiger partial charge in [-0.15, -0.1) is 0 Å². The third-order valence-corrected chi connectivity index (χ3v) is 5.93. The van der Waals surface area contributed by atoms with E-state index in [-0.39, 0.29) is 17.9 Å². The number of aliphatic hydroxyl groups excluding tert-OH is 1. The number of aromatic nitrogens is 1. The van der Waals surface area contributed by atoms with Crippen molar-refractivity contribution in [2.24, 2.45) is 0 Å². The molecule has 4 rings (SSSR count). The molecule has 8 nitrogen and oxygen atoms in total. The molecule has 0 radical (unpaired) electrons. The summed E-state index contributed by atoms with van der Waals surface area (Å²) < 4.78 is 10.0.